The van der Waals surface area contributed by atoms with Crippen LogP contribution in [0.15, 0.2) is 18.2 Å². The zero-order valence-electron chi connectivity index (χ0n) is 5.70. The van der Waals surface area contributed by atoms with Gasteiger partial charge < -0.3 is 0 Å². The molecule has 0 nitrogen and oxygen atoms in total. The highest BCUT2D eigenvalue weighted by Crippen LogP contribution is 2.16. The van der Waals surface area contributed by atoms with E-state index in [2.05, 4.69) is 0 Å². The lowest BCUT2D eigenvalue weighted by Gasteiger charge is -1.98. The molecule has 0 N–H and O–H groups in total. The van der Waals surface area contributed by atoms with E-state index in [9.17, 15) is 4.39 Å². The molecule has 0 unspecified atom stereocenters. The molecule has 0 aliphatic heterocycles. The highest BCUT2D eigenvalue weighted by atomic mass is 35.5. The van der Waals surface area contributed by atoms with E-state index < -0.39 is 0 Å². The zero-order chi connectivity index (χ0) is 7.56. The Labute approximate surface area is 64.6 Å². The summed E-state index contributed by atoms with van der Waals surface area (Å²) in [6, 6.07) is 4.40. The second-order valence-corrected chi connectivity index (χ2v) is 2.50. The van der Waals surface area contributed by atoms with Crippen LogP contribution in [0.2, 0.25) is 5.02 Å². The lowest BCUT2D eigenvalue weighted by molar-refractivity contribution is 0.626. The Hall–Kier alpha value is -0.560. The maximum Gasteiger partial charge on any atom is 0.123 e. The molecule has 0 heterocycles. The van der Waals surface area contributed by atoms with Crippen LogP contribution in [0.1, 0.15) is 12.5 Å². The molecular weight excluding hydrogens is 151 g/mol. The quantitative estimate of drug-likeness (QED) is 0.590. The topological polar surface area (TPSA) is 0 Å². The molecule has 54 valence electrons. The third-order valence-corrected chi connectivity index (χ3v) is 1.76. The molecule has 0 saturated carbocycles. The van der Waals surface area contributed by atoms with E-state index in [4.69, 9.17) is 11.6 Å². The van der Waals surface area contributed by atoms with Crippen molar-refractivity contribution < 1.29 is 4.39 Å². The fraction of sp³-hybridized carbons (Fsp3) is 0.250. The van der Waals surface area contributed by atoms with Gasteiger partial charge in [0.1, 0.15) is 5.82 Å². The van der Waals surface area contributed by atoms with E-state index in [1.807, 2.05) is 6.92 Å². The minimum Gasteiger partial charge on any atom is -0.207 e. The van der Waals surface area contributed by atoms with Crippen LogP contribution in [0.5, 0.6) is 0 Å². The first-order valence-electron chi connectivity index (χ1n) is 3.18. The predicted molar refractivity (Wildman–Crippen MR) is 40.8 cm³/mol. The Balaban J connectivity index is 3.09. The largest absolute Gasteiger partial charge is 0.207 e. The third-order valence-electron chi connectivity index (χ3n) is 1.39. The molecule has 0 aliphatic rings. The predicted octanol–water partition coefficient (Wildman–Crippen LogP) is 3.04. The van der Waals surface area contributed by atoms with Crippen LogP contribution in [-0.2, 0) is 6.42 Å². The highest BCUT2D eigenvalue weighted by molar-refractivity contribution is 6.31. The molecule has 0 spiro atoms. The van der Waals surface area contributed by atoms with Crippen molar-refractivity contribution in [3.63, 3.8) is 0 Å². The Morgan fingerprint density at radius 3 is 2.70 bits per heavy atom. The average molecular weight is 159 g/mol. The lowest BCUT2D eigenvalue weighted by Crippen LogP contribution is -1.83. The van der Waals surface area contributed by atoms with Gasteiger partial charge in [-0.2, -0.15) is 0 Å². The van der Waals surface area contributed by atoms with Crippen LogP contribution in [0, 0.1) is 5.82 Å². The molecule has 0 aliphatic carbocycles. The Bertz CT molecular complexity index is 233. The van der Waals surface area contributed by atoms with E-state index in [1.54, 1.807) is 6.07 Å². The average Bonchev–Trinajstić information content (AvgIpc) is 1.94. The van der Waals surface area contributed by atoms with Crippen molar-refractivity contribution in [2.75, 3.05) is 0 Å². The Kier molecular flexibility index (Phi) is 2.28. The van der Waals surface area contributed by atoms with Crippen LogP contribution in [0.25, 0.3) is 0 Å². The molecule has 1 aromatic carbocycles. The van der Waals surface area contributed by atoms with E-state index in [1.165, 1.54) is 12.1 Å². The first-order chi connectivity index (χ1) is 4.74. The minimum absolute atomic E-state index is 0.221. The third kappa shape index (κ3) is 1.48. The first-order valence-corrected chi connectivity index (χ1v) is 3.55. The van der Waals surface area contributed by atoms with Gasteiger partial charge in [0.05, 0.1) is 0 Å². The van der Waals surface area contributed by atoms with Gasteiger partial charge in [0.2, 0.25) is 0 Å². The van der Waals surface area contributed by atoms with Gasteiger partial charge in [-0.3, -0.25) is 0 Å². The minimum atomic E-state index is -0.221. The van der Waals surface area contributed by atoms with E-state index in [-0.39, 0.29) is 5.82 Å². The summed E-state index contributed by atoms with van der Waals surface area (Å²) in [5, 5.41) is 0.643. The van der Waals surface area contributed by atoms with Gasteiger partial charge in [0, 0.05) is 5.02 Å². The van der Waals surface area contributed by atoms with Crippen molar-refractivity contribution in [3.05, 3.63) is 34.6 Å². The summed E-state index contributed by atoms with van der Waals surface area (Å²) in [7, 11) is 0. The summed E-state index contributed by atoms with van der Waals surface area (Å²) in [6.45, 7) is 1.95. The number of hydrogen-bond donors (Lipinski definition) is 0. The van der Waals surface area contributed by atoms with Crippen molar-refractivity contribution >= 4 is 11.6 Å². The summed E-state index contributed by atoms with van der Waals surface area (Å²) < 4.78 is 12.5. The van der Waals surface area contributed by atoms with Gasteiger partial charge in [-0.1, -0.05) is 18.5 Å². The van der Waals surface area contributed by atoms with E-state index >= 15 is 0 Å². The first kappa shape index (κ1) is 7.55. The van der Waals surface area contributed by atoms with Crippen molar-refractivity contribution in [2.45, 2.75) is 13.3 Å². The number of aryl methyl sites for hydroxylation is 1. The van der Waals surface area contributed by atoms with E-state index in [0.29, 0.717) is 5.02 Å². The van der Waals surface area contributed by atoms with Crippen molar-refractivity contribution in [3.8, 4) is 0 Å². The molecule has 2 heteroatoms. The summed E-state index contributed by atoms with van der Waals surface area (Å²) in [5.74, 6) is -0.221. The molecule has 1 rings (SSSR count). The monoisotopic (exact) mass is 158 g/mol. The van der Waals surface area contributed by atoms with Crippen molar-refractivity contribution in [1.29, 1.82) is 0 Å². The summed E-state index contributed by atoms with van der Waals surface area (Å²) in [4.78, 5) is 0. The number of benzene rings is 1. The fourth-order valence-electron chi connectivity index (χ4n) is 0.814. The lowest BCUT2D eigenvalue weighted by atomic mass is 10.2. The van der Waals surface area contributed by atoms with Gasteiger partial charge >= 0.3 is 0 Å². The fourth-order valence-corrected chi connectivity index (χ4v) is 1.07. The molecule has 1 aromatic rings. The van der Waals surface area contributed by atoms with E-state index in [0.717, 1.165) is 12.0 Å². The van der Waals surface area contributed by atoms with Crippen molar-refractivity contribution in [2.24, 2.45) is 0 Å². The smallest absolute Gasteiger partial charge is 0.123 e. The molecule has 0 fully saturated rings. The SMILES string of the molecule is CCc1cc(F)ccc1Cl. The summed E-state index contributed by atoms with van der Waals surface area (Å²) in [6.07, 6.45) is 0.774. The van der Waals surface area contributed by atoms with Crippen LogP contribution in [0.3, 0.4) is 0 Å². The van der Waals surface area contributed by atoms with Gasteiger partial charge in [0.25, 0.3) is 0 Å². The molecule has 0 atom stereocenters. The molecule has 0 saturated heterocycles. The highest BCUT2D eigenvalue weighted by Gasteiger charge is 1.97. The van der Waals surface area contributed by atoms with Crippen LogP contribution in [0.4, 0.5) is 4.39 Å². The second kappa shape index (κ2) is 3.02. The summed E-state index contributed by atoms with van der Waals surface area (Å²) >= 11 is 5.73. The molecule has 0 radical (unpaired) electrons. The van der Waals surface area contributed by atoms with Gasteiger partial charge in [0.15, 0.2) is 0 Å². The molecular formula is C8H8ClF. The Morgan fingerprint density at radius 1 is 1.50 bits per heavy atom. The van der Waals surface area contributed by atoms with Crippen LogP contribution < -0.4 is 0 Å². The van der Waals surface area contributed by atoms with Crippen LogP contribution in [-0.4, -0.2) is 0 Å². The Morgan fingerprint density at radius 2 is 2.20 bits per heavy atom. The maximum atomic E-state index is 12.5. The van der Waals surface area contributed by atoms with Crippen LogP contribution >= 0.6 is 11.6 Å². The number of hydrogen-bond acceptors (Lipinski definition) is 0. The molecule has 0 amide bonds. The maximum absolute atomic E-state index is 12.5. The van der Waals surface area contributed by atoms with Gasteiger partial charge in [-0.05, 0) is 30.2 Å². The van der Waals surface area contributed by atoms with Gasteiger partial charge in [-0.15, -0.1) is 0 Å². The second-order valence-electron chi connectivity index (χ2n) is 2.09. The van der Waals surface area contributed by atoms with Crippen molar-refractivity contribution in [1.82, 2.24) is 0 Å². The standard InChI is InChI=1S/C8H8ClF/c1-2-6-5-7(10)3-4-8(6)9/h3-5H,2H2,1H3. The zero-order valence-corrected chi connectivity index (χ0v) is 6.45. The summed E-state index contributed by atoms with van der Waals surface area (Å²) in [5.41, 5.74) is 0.863. The normalized spacial score (nSPS) is 9.90. The number of halogens is 2. The molecule has 10 heavy (non-hydrogen) atoms. The molecule has 0 bridgehead atoms. The van der Waals surface area contributed by atoms with Gasteiger partial charge in [-0.25, -0.2) is 4.39 Å². The molecule has 0 aromatic heterocycles. The number of rotatable bonds is 1.